The van der Waals surface area contributed by atoms with Crippen molar-refractivity contribution in [3.05, 3.63) is 53.4 Å². The van der Waals surface area contributed by atoms with Gasteiger partial charge >= 0.3 is 0 Å². The highest BCUT2D eigenvalue weighted by atomic mass is 32.1. The van der Waals surface area contributed by atoms with E-state index in [2.05, 4.69) is 83.7 Å². The normalized spacial score (nSPS) is 13.7. The van der Waals surface area contributed by atoms with Crippen LogP contribution in [-0.4, -0.2) is 31.2 Å². The summed E-state index contributed by atoms with van der Waals surface area (Å²) in [5, 5.41) is 6.57. The van der Waals surface area contributed by atoms with E-state index >= 15 is 0 Å². The van der Waals surface area contributed by atoms with Gasteiger partial charge in [0.2, 0.25) is 0 Å². The van der Waals surface area contributed by atoms with E-state index in [0.717, 1.165) is 29.6 Å². The van der Waals surface area contributed by atoms with Crippen LogP contribution in [0.25, 0.3) is 11.3 Å². The van der Waals surface area contributed by atoms with Gasteiger partial charge in [-0.05, 0) is 69.5 Å². The molecule has 0 aliphatic carbocycles. The number of nitrogens with one attached hydrogen (secondary N) is 1. The number of hydrogen-bond acceptors (Lipinski definition) is 5. The summed E-state index contributed by atoms with van der Waals surface area (Å²) in [4.78, 5) is 9.64. The first-order valence-electron chi connectivity index (χ1n) is 10.6. The van der Waals surface area contributed by atoms with E-state index in [4.69, 9.17) is 4.98 Å². The van der Waals surface area contributed by atoms with Crippen LogP contribution in [0.4, 0.5) is 22.2 Å². The predicted molar refractivity (Wildman–Crippen MR) is 127 cm³/mol. The van der Waals surface area contributed by atoms with Crippen LogP contribution in [-0.2, 0) is 0 Å². The fourth-order valence-electron chi connectivity index (χ4n) is 3.97. The Kier molecular flexibility index (Phi) is 6.05. The van der Waals surface area contributed by atoms with Crippen molar-refractivity contribution in [3.63, 3.8) is 0 Å². The Bertz CT molecular complexity index is 938. The lowest BCUT2D eigenvalue weighted by molar-refractivity contribution is 0.866. The molecule has 1 aromatic heterocycles. The Balaban J connectivity index is 1.46. The molecule has 0 radical (unpaired) electrons. The number of thiazole rings is 1. The second kappa shape index (κ2) is 8.87. The summed E-state index contributed by atoms with van der Waals surface area (Å²) >= 11 is 1.65. The molecule has 1 saturated heterocycles. The maximum Gasteiger partial charge on any atom is 0.187 e. The average Bonchev–Trinajstić information content (AvgIpc) is 3.43. The first-order valence-corrected chi connectivity index (χ1v) is 11.5. The third-order valence-corrected chi connectivity index (χ3v) is 6.48. The molecule has 5 heteroatoms. The Labute approximate surface area is 178 Å². The molecule has 2 heterocycles. The van der Waals surface area contributed by atoms with Gasteiger partial charge in [0.05, 0.1) is 5.69 Å². The van der Waals surface area contributed by atoms with Crippen molar-refractivity contribution in [2.24, 2.45) is 0 Å². The minimum absolute atomic E-state index is 0.933. The van der Waals surface area contributed by atoms with Gasteiger partial charge in [-0.1, -0.05) is 12.1 Å². The first-order chi connectivity index (χ1) is 14.2. The van der Waals surface area contributed by atoms with E-state index < -0.39 is 0 Å². The van der Waals surface area contributed by atoms with Gasteiger partial charge in [0.15, 0.2) is 5.13 Å². The zero-order valence-corrected chi connectivity index (χ0v) is 18.4. The van der Waals surface area contributed by atoms with Crippen LogP contribution < -0.4 is 15.1 Å². The van der Waals surface area contributed by atoms with Gasteiger partial charge in [-0.3, -0.25) is 0 Å². The van der Waals surface area contributed by atoms with Gasteiger partial charge in [-0.15, -0.1) is 11.3 Å². The van der Waals surface area contributed by atoms with Crippen molar-refractivity contribution in [2.45, 2.75) is 33.6 Å². The summed E-state index contributed by atoms with van der Waals surface area (Å²) < 4.78 is 0. The highest BCUT2D eigenvalue weighted by Crippen LogP contribution is 2.31. The Hall–Kier alpha value is -2.53. The van der Waals surface area contributed by atoms with Gasteiger partial charge in [-0.2, -0.15) is 0 Å². The van der Waals surface area contributed by atoms with Crippen LogP contribution in [0, 0.1) is 6.92 Å². The van der Waals surface area contributed by atoms with E-state index in [1.807, 2.05) is 0 Å². The van der Waals surface area contributed by atoms with E-state index in [9.17, 15) is 0 Å². The molecule has 0 spiro atoms. The molecule has 0 atom stereocenters. The zero-order chi connectivity index (χ0) is 20.2. The molecule has 4 nitrogen and oxygen atoms in total. The standard InChI is InChI=1S/C24H30N4S/c1-4-27(5-2)21-12-13-22(18(3)16-21)25-24-26-23(17-29-24)19-8-10-20(11-9-19)28-14-6-7-15-28/h8-13,16-17H,4-7,14-15H2,1-3H3,(H,25,26). The van der Waals surface area contributed by atoms with Crippen molar-refractivity contribution in [2.75, 3.05) is 41.3 Å². The third kappa shape index (κ3) is 4.40. The van der Waals surface area contributed by atoms with Crippen molar-refractivity contribution >= 4 is 33.5 Å². The topological polar surface area (TPSA) is 31.4 Å². The van der Waals surface area contributed by atoms with Crippen LogP contribution >= 0.6 is 11.3 Å². The first kappa shape index (κ1) is 19.8. The highest BCUT2D eigenvalue weighted by Gasteiger charge is 2.13. The lowest BCUT2D eigenvalue weighted by Crippen LogP contribution is -2.21. The summed E-state index contributed by atoms with van der Waals surface area (Å²) in [5.41, 5.74) is 7.15. The largest absolute Gasteiger partial charge is 0.372 e. The molecule has 0 saturated carbocycles. The van der Waals surface area contributed by atoms with Crippen molar-refractivity contribution in [1.29, 1.82) is 0 Å². The number of hydrogen-bond donors (Lipinski definition) is 1. The fraction of sp³-hybridized carbons (Fsp3) is 0.375. The molecule has 29 heavy (non-hydrogen) atoms. The lowest BCUT2D eigenvalue weighted by atomic mass is 10.1. The number of aryl methyl sites for hydroxylation is 1. The summed E-state index contributed by atoms with van der Waals surface area (Å²) in [6, 6.07) is 15.4. The van der Waals surface area contributed by atoms with Gasteiger partial charge < -0.3 is 15.1 Å². The average molecular weight is 407 g/mol. The molecule has 3 aromatic rings. The SMILES string of the molecule is CCN(CC)c1ccc(Nc2nc(-c3ccc(N4CCCC4)cc3)cs2)c(C)c1. The van der Waals surface area contributed by atoms with Gasteiger partial charge in [-0.25, -0.2) is 4.98 Å². The van der Waals surface area contributed by atoms with E-state index in [0.29, 0.717) is 0 Å². The van der Waals surface area contributed by atoms with Crippen LogP contribution in [0.1, 0.15) is 32.3 Å². The van der Waals surface area contributed by atoms with Crippen molar-refractivity contribution < 1.29 is 0 Å². The smallest absolute Gasteiger partial charge is 0.187 e. The summed E-state index contributed by atoms with van der Waals surface area (Å²) in [6.45, 7) is 10.9. The quantitative estimate of drug-likeness (QED) is 0.498. The molecule has 1 fully saturated rings. The van der Waals surface area contributed by atoms with E-state index in [1.54, 1.807) is 11.3 Å². The second-order valence-electron chi connectivity index (χ2n) is 7.58. The molecule has 0 bridgehead atoms. The Morgan fingerprint density at radius 3 is 2.41 bits per heavy atom. The molecule has 2 aromatic carbocycles. The molecular formula is C24H30N4S. The number of rotatable bonds is 7. The molecule has 1 aliphatic rings. The second-order valence-corrected chi connectivity index (χ2v) is 8.43. The minimum atomic E-state index is 0.933. The lowest BCUT2D eigenvalue weighted by Gasteiger charge is -2.22. The molecule has 4 rings (SSSR count). The fourth-order valence-corrected chi connectivity index (χ4v) is 4.70. The summed E-state index contributed by atoms with van der Waals surface area (Å²) in [5.74, 6) is 0. The van der Waals surface area contributed by atoms with Gasteiger partial charge in [0.25, 0.3) is 0 Å². The zero-order valence-electron chi connectivity index (χ0n) is 17.6. The van der Waals surface area contributed by atoms with Crippen LogP contribution in [0.5, 0.6) is 0 Å². The minimum Gasteiger partial charge on any atom is -0.372 e. The van der Waals surface area contributed by atoms with Gasteiger partial charge in [0, 0.05) is 54.2 Å². The van der Waals surface area contributed by atoms with Crippen LogP contribution in [0.2, 0.25) is 0 Å². The Morgan fingerprint density at radius 1 is 1.03 bits per heavy atom. The monoisotopic (exact) mass is 406 g/mol. The maximum atomic E-state index is 4.82. The van der Waals surface area contributed by atoms with E-state index in [1.165, 1.54) is 48.4 Å². The van der Waals surface area contributed by atoms with Crippen molar-refractivity contribution in [3.8, 4) is 11.3 Å². The third-order valence-electron chi connectivity index (χ3n) is 5.72. The maximum absolute atomic E-state index is 4.82. The molecule has 0 amide bonds. The highest BCUT2D eigenvalue weighted by molar-refractivity contribution is 7.14. The predicted octanol–water partition coefficient (Wildman–Crippen LogP) is 6.31. The summed E-state index contributed by atoms with van der Waals surface area (Å²) in [6.07, 6.45) is 2.61. The molecular weight excluding hydrogens is 376 g/mol. The number of benzene rings is 2. The van der Waals surface area contributed by atoms with Crippen LogP contribution in [0.15, 0.2) is 47.8 Å². The van der Waals surface area contributed by atoms with Gasteiger partial charge in [0.1, 0.15) is 0 Å². The number of aromatic nitrogens is 1. The molecule has 152 valence electrons. The summed E-state index contributed by atoms with van der Waals surface area (Å²) in [7, 11) is 0. The van der Waals surface area contributed by atoms with Crippen LogP contribution in [0.3, 0.4) is 0 Å². The molecule has 1 aliphatic heterocycles. The molecule has 1 N–H and O–H groups in total. The molecule has 0 unspecified atom stereocenters. The van der Waals surface area contributed by atoms with E-state index in [-0.39, 0.29) is 0 Å². The Morgan fingerprint density at radius 2 is 1.76 bits per heavy atom. The number of nitrogens with zero attached hydrogens (tertiary/aromatic N) is 3. The number of anilines is 4. The van der Waals surface area contributed by atoms with Crippen molar-refractivity contribution in [1.82, 2.24) is 4.98 Å².